The van der Waals surface area contributed by atoms with Gasteiger partial charge in [-0.05, 0) is 20.3 Å². The van der Waals surface area contributed by atoms with Gasteiger partial charge in [0.2, 0.25) is 0 Å². The van der Waals surface area contributed by atoms with Gasteiger partial charge in [-0.15, -0.1) is 0 Å². The number of rotatable bonds is 6. The molecule has 0 aliphatic heterocycles. The number of methoxy groups -OCH3 is 1. The van der Waals surface area contributed by atoms with Crippen LogP contribution >= 0.6 is 0 Å². The maximum absolute atomic E-state index is 12.4. The van der Waals surface area contributed by atoms with Gasteiger partial charge in [0.15, 0.2) is 11.5 Å². The molecule has 0 radical (unpaired) electrons. The fraction of sp³-hybridized carbons (Fsp3) is 0.692. The Morgan fingerprint density at radius 3 is 2.59 bits per heavy atom. The number of ketones is 1. The summed E-state index contributed by atoms with van der Waals surface area (Å²) in [5, 5.41) is 4.22. The molecule has 0 aliphatic rings. The molecule has 1 aromatic rings. The van der Waals surface area contributed by atoms with Crippen LogP contribution in [0.3, 0.4) is 0 Å². The number of aromatic nitrogens is 2. The Labute approximate surface area is 103 Å². The molecule has 17 heavy (non-hydrogen) atoms. The smallest absolute Gasteiger partial charge is 0.187 e. The molecule has 0 N–H and O–H groups in total. The zero-order valence-electron chi connectivity index (χ0n) is 11.4. The molecule has 1 rings (SSSR count). The van der Waals surface area contributed by atoms with Crippen molar-refractivity contribution < 1.29 is 9.53 Å². The molecule has 1 aromatic heterocycles. The normalized spacial score (nSPS) is 12.8. The van der Waals surface area contributed by atoms with Crippen LogP contribution in [-0.2, 0) is 0 Å². The summed E-state index contributed by atoms with van der Waals surface area (Å²) >= 11 is 0. The minimum Gasteiger partial charge on any atom is -0.493 e. The van der Waals surface area contributed by atoms with E-state index in [0.717, 1.165) is 12.8 Å². The van der Waals surface area contributed by atoms with Gasteiger partial charge < -0.3 is 4.74 Å². The maximum Gasteiger partial charge on any atom is 0.187 e. The summed E-state index contributed by atoms with van der Waals surface area (Å²) in [5.74, 6) is 0.713. The van der Waals surface area contributed by atoms with Gasteiger partial charge in [-0.3, -0.25) is 9.48 Å². The fourth-order valence-electron chi connectivity index (χ4n) is 1.92. The second kappa shape index (κ2) is 5.84. The van der Waals surface area contributed by atoms with Crippen LogP contribution in [0.5, 0.6) is 5.75 Å². The van der Waals surface area contributed by atoms with Gasteiger partial charge in [-0.2, -0.15) is 5.10 Å². The topological polar surface area (TPSA) is 44.1 Å². The van der Waals surface area contributed by atoms with Crippen molar-refractivity contribution in [3.63, 3.8) is 0 Å². The average molecular weight is 238 g/mol. The van der Waals surface area contributed by atoms with Gasteiger partial charge in [-0.25, -0.2) is 0 Å². The lowest BCUT2D eigenvalue weighted by atomic mass is 9.98. The molecule has 1 heterocycles. The summed E-state index contributed by atoms with van der Waals surface area (Å²) in [7, 11) is 1.57. The van der Waals surface area contributed by atoms with E-state index in [2.05, 4.69) is 12.0 Å². The highest BCUT2D eigenvalue weighted by Gasteiger charge is 2.24. The predicted molar refractivity (Wildman–Crippen MR) is 67.6 cm³/mol. The van der Waals surface area contributed by atoms with Gasteiger partial charge in [0.25, 0.3) is 0 Å². The SMILES string of the molecule is CCCC(C)C(=O)c1c(OC)cnn1C(C)C. The Balaban J connectivity index is 3.09. The van der Waals surface area contributed by atoms with Crippen LogP contribution < -0.4 is 4.74 Å². The molecule has 4 nitrogen and oxygen atoms in total. The summed E-state index contributed by atoms with van der Waals surface area (Å²) in [5.41, 5.74) is 0.600. The Kier molecular flexibility index (Phi) is 4.73. The van der Waals surface area contributed by atoms with Gasteiger partial charge >= 0.3 is 0 Å². The second-order valence-electron chi connectivity index (χ2n) is 4.65. The number of hydrogen-bond acceptors (Lipinski definition) is 3. The zero-order chi connectivity index (χ0) is 13.0. The Morgan fingerprint density at radius 2 is 2.12 bits per heavy atom. The standard InChI is InChI=1S/C13H22N2O2/c1-6-7-10(4)13(16)12-11(17-5)8-14-15(12)9(2)3/h8-10H,6-7H2,1-5H3. The van der Waals surface area contributed by atoms with Crippen molar-refractivity contribution in [2.45, 2.75) is 46.6 Å². The number of Topliss-reactive ketones (excluding diaryl/α,β-unsaturated/α-hetero) is 1. The van der Waals surface area contributed by atoms with Crippen LogP contribution in [-0.4, -0.2) is 22.7 Å². The largest absolute Gasteiger partial charge is 0.493 e. The van der Waals surface area contributed by atoms with Crippen LogP contribution in [0.2, 0.25) is 0 Å². The Hall–Kier alpha value is -1.32. The first-order valence-electron chi connectivity index (χ1n) is 6.18. The maximum atomic E-state index is 12.4. The Morgan fingerprint density at radius 1 is 1.47 bits per heavy atom. The van der Waals surface area contributed by atoms with Gasteiger partial charge in [0, 0.05) is 12.0 Å². The predicted octanol–water partition coefficient (Wildman–Crippen LogP) is 3.09. The van der Waals surface area contributed by atoms with Crippen molar-refractivity contribution in [3.05, 3.63) is 11.9 Å². The van der Waals surface area contributed by atoms with E-state index in [-0.39, 0.29) is 17.7 Å². The number of nitrogens with zero attached hydrogens (tertiary/aromatic N) is 2. The van der Waals surface area contributed by atoms with Crippen molar-refractivity contribution in [1.29, 1.82) is 0 Å². The molecular formula is C13H22N2O2. The summed E-state index contributed by atoms with van der Waals surface area (Å²) in [6.07, 6.45) is 3.52. The molecule has 0 aromatic carbocycles. The second-order valence-corrected chi connectivity index (χ2v) is 4.65. The molecule has 0 bridgehead atoms. The molecule has 0 spiro atoms. The minimum absolute atomic E-state index is 0.0168. The molecule has 4 heteroatoms. The molecule has 1 unspecified atom stereocenters. The average Bonchev–Trinajstić information content (AvgIpc) is 2.71. The first-order chi connectivity index (χ1) is 8.02. The summed E-state index contributed by atoms with van der Waals surface area (Å²) < 4.78 is 6.96. The molecule has 96 valence electrons. The number of carbonyl (C=O) groups excluding carboxylic acids is 1. The highest BCUT2D eigenvalue weighted by molar-refractivity contribution is 5.98. The molecule has 0 amide bonds. The van der Waals surface area contributed by atoms with Crippen LogP contribution in [0, 0.1) is 5.92 Å². The number of carbonyl (C=O) groups is 1. The summed E-state index contributed by atoms with van der Waals surface area (Å²) in [4.78, 5) is 12.4. The van der Waals surface area contributed by atoms with Crippen molar-refractivity contribution in [3.8, 4) is 5.75 Å². The van der Waals surface area contributed by atoms with Crippen molar-refractivity contribution in [2.75, 3.05) is 7.11 Å². The van der Waals surface area contributed by atoms with Crippen molar-refractivity contribution in [1.82, 2.24) is 9.78 Å². The van der Waals surface area contributed by atoms with Crippen molar-refractivity contribution >= 4 is 5.78 Å². The van der Waals surface area contributed by atoms with E-state index in [4.69, 9.17) is 4.74 Å². The van der Waals surface area contributed by atoms with Crippen LogP contribution in [0.15, 0.2) is 6.20 Å². The highest BCUT2D eigenvalue weighted by atomic mass is 16.5. The van der Waals surface area contributed by atoms with Crippen LogP contribution in [0.25, 0.3) is 0 Å². The monoisotopic (exact) mass is 238 g/mol. The minimum atomic E-state index is 0.0168. The number of ether oxygens (including phenoxy) is 1. The van der Waals surface area contributed by atoms with Gasteiger partial charge in [0.1, 0.15) is 5.69 Å². The van der Waals surface area contributed by atoms with E-state index in [1.54, 1.807) is 18.0 Å². The molecule has 0 fully saturated rings. The third-order valence-corrected chi connectivity index (χ3v) is 2.87. The van der Waals surface area contributed by atoms with E-state index in [1.807, 2.05) is 20.8 Å². The van der Waals surface area contributed by atoms with Gasteiger partial charge in [0.05, 0.1) is 13.3 Å². The lowest BCUT2D eigenvalue weighted by Crippen LogP contribution is -2.19. The first kappa shape index (κ1) is 13.7. The van der Waals surface area contributed by atoms with Gasteiger partial charge in [-0.1, -0.05) is 20.3 Å². The molecular weight excluding hydrogens is 216 g/mol. The molecule has 1 atom stereocenters. The van der Waals surface area contributed by atoms with Crippen molar-refractivity contribution in [2.24, 2.45) is 5.92 Å². The van der Waals surface area contributed by atoms with E-state index in [1.165, 1.54) is 0 Å². The van der Waals surface area contributed by atoms with Crippen LogP contribution in [0.4, 0.5) is 0 Å². The molecule has 0 aliphatic carbocycles. The van der Waals surface area contributed by atoms with Crippen LogP contribution in [0.1, 0.15) is 57.1 Å². The summed E-state index contributed by atoms with van der Waals surface area (Å²) in [6.45, 7) is 8.06. The van der Waals surface area contributed by atoms with E-state index >= 15 is 0 Å². The lowest BCUT2D eigenvalue weighted by Gasteiger charge is -2.14. The molecule has 0 saturated heterocycles. The quantitative estimate of drug-likeness (QED) is 0.715. The van der Waals surface area contributed by atoms with E-state index < -0.39 is 0 Å². The summed E-state index contributed by atoms with van der Waals surface area (Å²) in [6, 6.07) is 0.159. The Bertz CT molecular complexity index is 383. The molecule has 0 saturated carbocycles. The fourth-order valence-corrected chi connectivity index (χ4v) is 1.92. The first-order valence-corrected chi connectivity index (χ1v) is 6.18. The van der Waals surface area contributed by atoms with E-state index in [0.29, 0.717) is 11.4 Å². The zero-order valence-corrected chi connectivity index (χ0v) is 11.4. The third kappa shape index (κ3) is 2.87. The lowest BCUT2D eigenvalue weighted by molar-refractivity contribution is 0.0907. The number of hydrogen-bond donors (Lipinski definition) is 0. The highest BCUT2D eigenvalue weighted by Crippen LogP contribution is 2.25. The van der Waals surface area contributed by atoms with E-state index in [9.17, 15) is 4.79 Å². The third-order valence-electron chi connectivity index (χ3n) is 2.87.